The van der Waals surface area contributed by atoms with E-state index in [0.29, 0.717) is 5.56 Å². The second-order valence-corrected chi connectivity index (χ2v) is 4.30. The van der Waals surface area contributed by atoms with E-state index in [1.165, 1.54) is 30.3 Å². The van der Waals surface area contributed by atoms with E-state index >= 15 is 0 Å². The van der Waals surface area contributed by atoms with E-state index in [0.717, 1.165) is 5.56 Å². The van der Waals surface area contributed by atoms with Crippen molar-refractivity contribution in [2.24, 2.45) is 0 Å². The minimum atomic E-state index is -0.334. The van der Waals surface area contributed by atoms with Gasteiger partial charge in [0.25, 0.3) is 0 Å². The molecule has 1 N–H and O–H groups in total. The third-order valence-corrected chi connectivity index (χ3v) is 2.85. The molecule has 0 atom stereocenters. The number of aromatic hydroxyl groups is 1. The van der Waals surface area contributed by atoms with Gasteiger partial charge in [-0.2, -0.15) is 0 Å². The van der Waals surface area contributed by atoms with Crippen LogP contribution in [0.3, 0.4) is 0 Å². The van der Waals surface area contributed by atoms with Gasteiger partial charge in [-0.1, -0.05) is 23.7 Å². The standard InChI is InChI=1S/C14H10ClFO2/c15-12-8-10(3-6-13(12)17)14(18)7-9-1-4-11(16)5-2-9/h1-6,8,17H,7H2. The molecule has 0 radical (unpaired) electrons. The fourth-order valence-corrected chi connectivity index (χ4v) is 1.75. The first kappa shape index (κ1) is 12.6. The van der Waals surface area contributed by atoms with Crippen molar-refractivity contribution >= 4 is 17.4 Å². The van der Waals surface area contributed by atoms with Crippen molar-refractivity contribution in [2.45, 2.75) is 6.42 Å². The largest absolute Gasteiger partial charge is 0.506 e. The van der Waals surface area contributed by atoms with Gasteiger partial charge in [-0.25, -0.2) is 4.39 Å². The number of rotatable bonds is 3. The molecule has 4 heteroatoms. The topological polar surface area (TPSA) is 37.3 Å². The summed E-state index contributed by atoms with van der Waals surface area (Å²) in [5.41, 5.74) is 1.15. The van der Waals surface area contributed by atoms with Crippen LogP contribution in [0.1, 0.15) is 15.9 Å². The summed E-state index contributed by atoms with van der Waals surface area (Å²) < 4.78 is 12.7. The molecular formula is C14H10ClFO2. The average Bonchev–Trinajstić information content (AvgIpc) is 2.35. The monoisotopic (exact) mass is 264 g/mol. The molecule has 0 aliphatic carbocycles. The Morgan fingerprint density at radius 1 is 1.17 bits per heavy atom. The van der Waals surface area contributed by atoms with Crippen molar-refractivity contribution < 1.29 is 14.3 Å². The Kier molecular flexibility index (Phi) is 3.63. The van der Waals surface area contributed by atoms with Crippen LogP contribution in [-0.2, 0) is 6.42 Å². The van der Waals surface area contributed by atoms with Crippen molar-refractivity contribution in [3.63, 3.8) is 0 Å². The molecule has 0 aliphatic heterocycles. The van der Waals surface area contributed by atoms with Gasteiger partial charge in [0.1, 0.15) is 11.6 Å². The fourth-order valence-electron chi connectivity index (χ4n) is 1.57. The summed E-state index contributed by atoms with van der Waals surface area (Å²) in [6.07, 6.45) is 0.168. The minimum Gasteiger partial charge on any atom is -0.506 e. The van der Waals surface area contributed by atoms with E-state index in [1.54, 1.807) is 12.1 Å². The Bertz CT molecular complexity index is 579. The van der Waals surface area contributed by atoms with Gasteiger partial charge in [0.05, 0.1) is 5.02 Å². The Morgan fingerprint density at radius 2 is 1.83 bits per heavy atom. The summed E-state index contributed by atoms with van der Waals surface area (Å²) in [5, 5.41) is 9.40. The smallest absolute Gasteiger partial charge is 0.167 e. The zero-order chi connectivity index (χ0) is 13.1. The molecule has 2 rings (SSSR count). The van der Waals surface area contributed by atoms with E-state index in [1.807, 2.05) is 0 Å². The van der Waals surface area contributed by atoms with E-state index in [9.17, 15) is 14.3 Å². The van der Waals surface area contributed by atoms with Gasteiger partial charge >= 0.3 is 0 Å². The maximum Gasteiger partial charge on any atom is 0.167 e. The summed E-state index contributed by atoms with van der Waals surface area (Å²) in [4.78, 5) is 11.9. The van der Waals surface area contributed by atoms with Gasteiger partial charge in [-0.05, 0) is 35.9 Å². The number of Topliss-reactive ketones (excluding diaryl/α,β-unsaturated/α-hetero) is 1. The van der Waals surface area contributed by atoms with Crippen LogP contribution in [0.4, 0.5) is 4.39 Å². The lowest BCUT2D eigenvalue weighted by atomic mass is 10.0. The first-order valence-corrected chi connectivity index (χ1v) is 5.70. The van der Waals surface area contributed by atoms with Crippen LogP contribution < -0.4 is 0 Å². The Labute approximate surface area is 109 Å². The van der Waals surface area contributed by atoms with E-state index in [-0.39, 0.29) is 28.8 Å². The van der Waals surface area contributed by atoms with Crippen LogP contribution in [0.25, 0.3) is 0 Å². The molecule has 0 aliphatic rings. The van der Waals surface area contributed by atoms with Crippen LogP contribution in [0.2, 0.25) is 5.02 Å². The van der Waals surface area contributed by atoms with Gasteiger partial charge in [0, 0.05) is 12.0 Å². The molecule has 0 heterocycles. The van der Waals surface area contributed by atoms with Gasteiger partial charge in [0.15, 0.2) is 5.78 Å². The number of ketones is 1. The number of phenolic OH excluding ortho intramolecular Hbond substituents is 1. The second kappa shape index (κ2) is 5.19. The summed E-state index contributed by atoms with van der Waals surface area (Å²) in [6.45, 7) is 0. The van der Waals surface area contributed by atoms with Gasteiger partial charge < -0.3 is 5.11 Å². The van der Waals surface area contributed by atoms with Crippen molar-refractivity contribution in [3.8, 4) is 5.75 Å². The first-order chi connectivity index (χ1) is 8.56. The number of carbonyl (C=O) groups is 1. The average molecular weight is 265 g/mol. The van der Waals surface area contributed by atoms with E-state index < -0.39 is 0 Å². The molecule has 0 spiro atoms. The number of hydrogen-bond donors (Lipinski definition) is 1. The molecule has 0 fully saturated rings. The predicted molar refractivity (Wildman–Crippen MR) is 67.6 cm³/mol. The highest BCUT2D eigenvalue weighted by Crippen LogP contribution is 2.24. The lowest BCUT2D eigenvalue weighted by Gasteiger charge is -2.03. The highest BCUT2D eigenvalue weighted by Gasteiger charge is 2.09. The molecular weight excluding hydrogens is 255 g/mol. The molecule has 0 saturated carbocycles. The van der Waals surface area contributed by atoms with Crippen molar-refractivity contribution in [3.05, 3.63) is 64.4 Å². The van der Waals surface area contributed by atoms with Crippen LogP contribution >= 0.6 is 11.6 Å². The molecule has 0 amide bonds. The van der Waals surface area contributed by atoms with Crippen LogP contribution in [0, 0.1) is 5.82 Å². The molecule has 2 aromatic rings. The Morgan fingerprint density at radius 3 is 2.44 bits per heavy atom. The third kappa shape index (κ3) is 2.87. The molecule has 0 aromatic heterocycles. The fraction of sp³-hybridized carbons (Fsp3) is 0.0714. The van der Waals surface area contributed by atoms with Crippen molar-refractivity contribution in [2.75, 3.05) is 0 Å². The first-order valence-electron chi connectivity index (χ1n) is 5.32. The normalized spacial score (nSPS) is 10.3. The summed E-state index contributed by atoms with van der Waals surface area (Å²) in [5.74, 6) is -0.530. The van der Waals surface area contributed by atoms with Crippen LogP contribution in [0.5, 0.6) is 5.75 Å². The van der Waals surface area contributed by atoms with Crippen molar-refractivity contribution in [1.29, 1.82) is 0 Å². The van der Waals surface area contributed by atoms with Crippen molar-refractivity contribution in [1.82, 2.24) is 0 Å². The number of hydrogen-bond acceptors (Lipinski definition) is 2. The number of benzene rings is 2. The van der Waals surface area contributed by atoms with Gasteiger partial charge in [0.2, 0.25) is 0 Å². The molecule has 0 bridgehead atoms. The summed E-state index contributed by atoms with van der Waals surface area (Å²) >= 11 is 5.73. The molecule has 0 saturated heterocycles. The minimum absolute atomic E-state index is 0.0602. The van der Waals surface area contributed by atoms with E-state index in [2.05, 4.69) is 0 Å². The maximum atomic E-state index is 12.7. The Balaban J connectivity index is 2.16. The summed E-state index contributed by atoms with van der Waals surface area (Å²) in [6, 6.07) is 10.1. The lowest BCUT2D eigenvalue weighted by molar-refractivity contribution is 0.0993. The number of halogens is 2. The highest BCUT2D eigenvalue weighted by atomic mass is 35.5. The zero-order valence-corrected chi connectivity index (χ0v) is 10.1. The molecule has 2 nitrogen and oxygen atoms in total. The zero-order valence-electron chi connectivity index (χ0n) is 9.36. The van der Waals surface area contributed by atoms with Crippen LogP contribution in [-0.4, -0.2) is 10.9 Å². The van der Waals surface area contributed by atoms with Gasteiger partial charge in [-0.3, -0.25) is 4.79 Å². The van der Waals surface area contributed by atoms with E-state index in [4.69, 9.17) is 11.6 Å². The predicted octanol–water partition coefficient (Wildman–Crippen LogP) is 3.61. The third-order valence-electron chi connectivity index (χ3n) is 2.55. The van der Waals surface area contributed by atoms with Gasteiger partial charge in [-0.15, -0.1) is 0 Å². The Hall–Kier alpha value is -1.87. The molecule has 2 aromatic carbocycles. The maximum absolute atomic E-state index is 12.7. The summed E-state index contributed by atoms with van der Waals surface area (Å²) in [7, 11) is 0. The molecule has 0 unspecified atom stereocenters. The highest BCUT2D eigenvalue weighted by molar-refractivity contribution is 6.32. The lowest BCUT2D eigenvalue weighted by Crippen LogP contribution is -2.03. The second-order valence-electron chi connectivity index (χ2n) is 3.89. The number of phenols is 1. The number of carbonyl (C=O) groups excluding carboxylic acids is 1. The molecule has 18 heavy (non-hydrogen) atoms. The molecule has 92 valence electrons. The quantitative estimate of drug-likeness (QED) is 0.860. The van der Waals surface area contributed by atoms with Crippen LogP contribution in [0.15, 0.2) is 42.5 Å². The SMILES string of the molecule is O=C(Cc1ccc(F)cc1)c1ccc(O)c(Cl)c1.